The van der Waals surface area contributed by atoms with Crippen LogP contribution in [0.15, 0.2) is 42.5 Å². The first-order chi connectivity index (χ1) is 23.8. The fraction of sp³-hybridized carbons (Fsp3) is 0.486. The van der Waals surface area contributed by atoms with Gasteiger partial charge in [0.15, 0.2) is 0 Å². The molecule has 0 saturated carbocycles. The third kappa shape index (κ3) is 8.05. The fourth-order valence-electron chi connectivity index (χ4n) is 6.46. The molecule has 2 aromatic rings. The van der Waals surface area contributed by atoms with Crippen LogP contribution in [0, 0.1) is 10.1 Å². The highest BCUT2D eigenvalue weighted by Crippen LogP contribution is 2.55. The standard InChI is InChI=1S/C35H44N4O11/c1-34(2)27-9-7-8-10-28(27)38(18-17-36(15-12-29(40)46-3)16-13-30(41)47-4)35(34)14-11-24-19-26(39(44)45)20-25(33(24)50-35)21-37(22-31(42)48-5)23-32(43)49-6/h7-11,14,19-20H,12-13,15-18,21-23H2,1-6H3. The Balaban J connectivity index is 1.77. The second kappa shape index (κ2) is 16.1. The number of ether oxygens (including phenoxy) is 5. The number of non-ortho nitro benzene ring substituents is 1. The number of carbonyl (C=O) groups excluding carboxylic acids is 4. The van der Waals surface area contributed by atoms with Crippen LogP contribution in [0.4, 0.5) is 11.4 Å². The molecule has 0 N–H and O–H groups in total. The molecule has 2 aromatic carbocycles. The summed E-state index contributed by atoms with van der Waals surface area (Å²) >= 11 is 0. The molecule has 50 heavy (non-hydrogen) atoms. The van der Waals surface area contributed by atoms with E-state index in [0.717, 1.165) is 11.3 Å². The minimum Gasteiger partial charge on any atom is -0.469 e. The lowest BCUT2D eigenvalue weighted by Crippen LogP contribution is -2.61. The highest BCUT2D eigenvalue weighted by molar-refractivity contribution is 5.76. The molecular formula is C35H44N4O11. The van der Waals surface area contributed by atoms with Gasteiger partial charge in [0, 0.05) is 61.7 Å². The smallest absolute Gasteiger partial charge is 0.319 e. The number of methoxy groups -OCH3 is 4. The van der Waals surface area contributed by atoms with Gasteiger partial charge in [0.25, 0.3) is 5.69 Å². The van der Waals surface area contributed by atoms with Gasteiger partial charge >= 0.3 is 23.9 Å². The van der Waals surface area contributed by atoms with E-state index in [-0.39, 0.29) is 50.1 Å². The van der Waals surface area contributed by atoms with E-state index >= 15 is 0 Å². The summed E-state index contributed by atoms with van der Waals surface area (Å²) in [6.07, 6.45) is 3.96. The van der Waals surface area contributed by atoms with Crippen LogP contribution in [0.2, 0.25) is 0 Å². The number of nitrogens with zero attached hydrogens (tertiary/aromatic N) is 4. The minimum atomic E-state index is -1.14. The van der Waals surface area contributed by atoms with Crippen molar-refractivity contribution in [2.75, 3.05) is 72.6 Å². The molecule has 1 unspecified atom stereocenters. The predicted molar refractivity (Wildman–Crippen MR) is 181 cm³/mol. The van der Waals surface area contributed by atoms with Crippen LogP contribution < -0.4 is 9.64 Å². The lowest BCUT2D eigenvalue weighted by molar-refractivity contribution is -0.385. The Morgan fingerprint density at radius 1 is 0.840 bits per heavy atom. The van der Waals surface area contributed by atoms with Gasteiger partial charge in [-0.15, -0.1) is 0 Å². The van der Waals surface area contributed by atoms with Crippen LogP contribution in [0.1, 0.15) is 43.4 Å². The first-order valence-electron chi connectivity index (χ1n) is 16.1. The Hall–Kier alpha value is -5.02. The number of anilines is 1. The predicted octanol–water partition coefficient (Wildman–Crippen LogP) is 3.07. The maximum absolute atomic E-state index is 12.3. The number of esters is 4. The second-order valence-corrected chi connectivity index (χ2v) is 12.5. The van der Waals surface area contributed by atoms with Gasteiger partial charge in [-0.3, -0.25) is 34.2 Å². The summed E-state index contributed by atoms with van der Waals surface area (Å²) in [5.74, 6) is -1.59. The van der Waals surface area contributed by atoms with Crippen molar-refractivity contribution in [3.63, 3.8) is 0 Å². The zero-order valence-corrected chi connectivity index (χ0v) is 29.3. The summed E-state index contributed by atoms with van der Waals surface area (Å²) in [4.78, 5) is 65.8. The summed E-state index contributed by atoms with van der Waals surface area (Å²) in [6.45, 7) is 5.02. The van der Waals surface area contributed by atoms with E-state index in [9.17, 15) is 29.3 Å². The summed E-state index contributed by atoms with van der Waals surface area (Å²) in [7, 11) is 5.11. The lowest BCUT2D eigenvalue weighted by atomic mass is 9.76. The molecular weight excluding hydrogens is 652 g/mol. The Morgan fingerprint density at radius 2 is 1.42 bits per heavy atom. The molecule has 0 fully saturated rings. The average molecular weight is 697 g/mol. The number of carbonyl (C=O) groups is 4. The Kier molecular flexibility index (Phi) is 12.2. The number of benzene rings is 2. The summed E-state index contributed by atoms with van der Waals surface area (Å²) in [6, 6.07) is 10.7. The van der Waals surface area contributed by atoms with Crippen LogP contribution in [-0.2, 0) is 50.1 Å². The van der Waals surface area contributed by atoms with Crippen LogP contribution in [0.3, 0.4) is 0 Å². The molecule has 270 valence electrons. The molecule has 1 atom stereocenters. The first-order valence-corrected chi connectivity index (χ1v) is 16.1. The zero-order valence-electron chi connectivity index (χ0n) is 29.3. The van der Waals surface area contributed by atoms with E-state index in [1.165, 1.54) is 45.5 Å². The highest BCUT2D eigenvalue weighted by Gasteiger charge is 2.59. The van der Waals surface area contributed by atoms with Gasteiger partial charge in [0.05, 0.1) is 64.7 Å². The highest BCUT2D eigenvalue weighted by atomic mass is 16.6. The zero-order chi connectivity index (χ0) is 36.6. The molecule has 15 heteroatoms. The summed E-state index contributed by atoms with van der Waals surface area (Å²) in [5.41, 5.74) is 0.767. The third-order valence-electron chi connectivity index (χ3n) is 9.22. The molecule has 4 rings (SSSR count). The van der Waals surface area contributed by atoms with Gasteiger partial charge in [-0.1, -0.05) is 18.2 Å². The van der Waals surface area contributed by atoms with Gasteiger partial charge < -0.3 is 33.5 Å². The molecule has 2 aliphatic rings. The van der Waals surface area contributed by atoms with E-state index in [4.69, 9.17) is 23.7 Å². The SMILES string of the molecule is COC(=O)CCN(CCC(=O)OC)CCN1c2ccccc2C(C)(C)C12C=Cc1cc([N+](=O)[O-])cc(CN(CC(=O)OC)CC(=O)OC)c1O2. The van der Waals surface area contributed by atoms with Crippen molar-refractivity contribution in [3.05, 3.63) is 69.3 Å². The minimum absolute atomic E-state index is 0.0691. The topological polar surface area (TPSA) is 167 Å². The van der Waals surface area contributed by atoms with Crippen molar-refractivity contribution >= 4 is 41.3 Å². The van der Waals surface area contributed by atoms with Crippen LogP contribution in [0.5, 0.6) is 5.75 Å². The maximum Gasteiger partial charge on any atom is 0.319 e. The van der Waals surface area contributed by atoms with Gasteiger partial charge in [-0.05, 0) is 37.6 Å². The number of nitro benzene ring substituents is 1. The molecule has 0 amide bonds. The average Bonchev–Trinajstić information content (AvgIpc) is 3.28. The molecule has 1 spiro atoms. The Labute approximate surface area is 290 Å². The van der Waals surface area contributed by atoms with Crippen LogP contribution >= 0.6 is 0 Å². The van der Waals surface area contributed by atoms with Crippen molar-refractivity contribution in [1.82, 2.24) is 9.80 Å². The number of fused-ring (bicyclic) bond motifs is 2. The van der Waals surface area contributed by atoms with Gasteiger partial charge in [0.1, 0.15) is 5.75 Å². The number of para-hydroxylation sites is 1. The molecule has 15 nitrogen and oxygen atoms in total. The summed E-state index contributed by atoms with van der Waals surface area (Å²) < 4.78 is 26.4. The van der Waals surface area contributed by atoms with Crippen molar-refractivity contribution in [1.29, 1.82) is 0 Å². The maximum atomic E-state index is 12.3. The second-order valence-electron chi connectivity index (χ2n) is 12.5. The van der Waals surface area contributed by atoms with Crippen molar-refractivity contribution < 1.29 is 47.8 Å². The van der Waals surface area contributed by atoms with Crippen LogP contribution in [-0.4, -0.2) is 112 Å². The number of hydrogen-bond acceptors (Lipinski definition) is 14. The quantitative estimate of drug-likeness (QED) is 0.109. The molecule has 0 aromatic heterocycles. The van der Waals surface area contributed by atoms with Crippen molar-refractivity contribution in [2.24, 2.45) is 0 Å². The molecule has 2 aliphatic heterocycles. The van der Waals surface area contributed by atoms with Crippen LogP contribution in [0.25, 0.3) is 6.08 Å². The normalized spacial score (nSPS) is 16.8. The largest absolute Gasteiger partial charge is 0.469 e. The lowest BCUT2D eigenvalue weighted by Gasteiger charge is -2.48. The number of hydrogen-bond donors (Lipinski definition) is 0. The number of nitro groups is 1. The molecule has 2 heterocycles. The Morgan fingerprint density at radius 3 is 1.98 bits per heavy atom. The monoisotopic (exact) mass is 696 g/mol. The molecule has 0 saturated heterocycles. The van der Waals surface area contributed by atoms with E-state index in [1.54, 1.807) is 6.08 Å². The van der Waals surface area contributed by atoms with Crippen molar-refractivity contribution in [3.8, 4) is 5.75 Å². The molecule has 0 aliphatic carbocycles. The van der Waals surface area contributed by atoms with E-state index < -0.39 is 28.0 Å². The van der Waals surface area contributed by atoms with E-state index in [1.807, 2.05) is 35.2 Å². The molecule has 0 radical (unpaired) electrons. The summed E-state index contributed by atoms with van der Waals surface area (Å²) in [5, 5.41) is 12.0. The Bertz CT molecular complexity index is 1600. The first kappa shape index (κ1) is 37.8. The molecule has 0 bridgehead atoms. The fourth-order valence-corrected chi connectivity index (χ4v) is 6.46. The van der Waals surface area contributed by atoms with Crippen molar-refractivity contribution in [2.45, 2.75) is 44.4 Å². The van der Waals surface area contributed by atoms with Gasteiger partial charge in [-0.2, -0.15) is 0 Å². The van der Waals surface area contributed by atoms with Gasteiger partial charge in [-0.25, -0.2) is 0 Å². The number of rotatable bonds is 16. The van der Waals surface area contributed by atoms with E-state index in [2.05, 4.69) is 18.7 Å². The van der Waals surface area contributed by atoms with Gasteiger partial charge in [0.2, 0.25) is 5.72 Å². The van der Waals surface area contributed by atoms with E-state index in [0.29, 0.717) is 43.1 Å². The third-order valence-corrected chi connectivity index (χ3v) is 9.22.